The third-order valence-electron chi connectivity index (χ3n) is 2.73. The van der Waals surface area contributed by atoms with Gasteiger partial charge < -0.3 is 5.32 Å². The predicted octanol–water partition coefficient (Wildman–Crippen LogP) is 4.13. The molecule has 7 heteroatoms. The third kappa shape index (κ3) is 2.98. The molecule has 110 valence electrons. The summed E-state index contributed by atoms with van der Waals surface area (Å²) in [6.45, 7) is 7.81. The molecule has 2 heterocycles. The molecule has 0 aliphatic carbocycles. The van der Waals surface area contributed by atoms with Gasteiger partial charge in [-0.1, -0.05) is 11.3 Å². The smallest absolute Gasteiger partial charge is 0.321 e. The molecule has 0 aliphatic heterocycles. The molecule has 5 nitrogen and oxygen atoms in total. The number of anilines is 1. The number of nitrogens with one attached hydrogen (secondary N) is 2. The highest BCUT2D eigenvalue weighted by Crippen LogP contribution is 2.35. The number of fused-ring (bicyclic) bond motifs is 3. The van der Waals surface area contributed by atoms with Gasteiger partial charge in [-0.15, -0.1) is 11.3 Å². The second-order valence-electron chi connectivity index (χ2n) is 5.84. The van der Waals surface area contributed by atoms with E-state index >= 15 is 0 Å². The number of carbonyl (C=O) groups excluding carboxylic acids is 1. The Bertz CT molecular complexity index is 829. The molecule has 3 aromatic rings. The van der Waals surface area contributed by atoms with Crippen LogP contribution in [0.25, 0.3) is 20.4 Å². The lowest BCUT2D eigenvalue weighted by atomic mass is 10.1. The first-order valence-electron chi connectivity index (χ1n) is 6.58. The van der Waals surface area contributed by atoms with Gasteiger partial charge in [-0.2, -0.15) is 0 Å². The average molecular weight is 320 g/mol. The molecule has 0 atom stereocenters. The average Bonchev–Trinajstić information content (AvgIpc) is 2.87. The molecule has 2 aromatic heterocycles. The van der Waals surface area contributed by atoms with Crippen molar-refractivity contribution in [3.05, 3.63) is 17.1 Å². The maximum Gasteiger partial charge on any atom is 0.321 e. The molecule has 0 fully saturated rings. The topological polar surface area (TPSA) is 66.9 Å². The number of nitrogens with zero attached hydrogens (tertiary/aromatic N) is 2. The largest absolute Gasteiger partial charge is 0.333 e. The Morgan fingerprint density at radius 2 is 1.71 bits per heavy atom. The Kier molecular flexibility index (Phi) is 3.33. The number of benzene rings is 1. The number of thiazole rings is 2. The Morgan fingerprint density at radius 1 is 1.10 bits per heavy atom. The van der Waals surface area contributed by atoms with Crippen LogP contribution in [-0.2, 0) is 0 Å². The van der Waals surface area contributed by atoms with Crippen LogP contribution in [0.15, 0.2) is 12.1 Å². The minimum absolute atomic E-state index is 0.238. The molecule has 2 N–H and O–H groups in total. The Hall–Kier alpha value is -1.73. The van der Waals surface area contributed by atoms with Crippen LogP contribution in [0.2, 0.25) is 0 Å². The zero-order valence-electron chi connectivity index (χ0n) is 12.3. The number of hydrogen-bond acceptors (Lipinski definition) is 5. The highest BCUT2D eigenvalue weighted by atomic mass is 32.1. The lowest BCUT2D eigenvalue weighted by molar-refractivity contribution is 0.244. The van der Waals surface area contributed by atoms with Gasteiger partial charge in [-0.25, -0.2) is 14.8 Å². The van der Waals surface area contributed by atoms with E-state index in [4.69, 9.17) is 0 Å². The SMILES string of the molecule is Cc1nc2ccc3nc(NC(=O)NC(C)(C)C)sc3c2s1. The van der Waals surface area contributed by atoms with Crippen molar-refractivity contribution in [3.8, 4) is 0 Å². The normalized spacial score (nSPS) is 12.0. The number of aryl methyl sites for hydroxylation is 1. The Morgan fingerprint density at radius 3 is 2.38 bits per heavy atom. The summed E-state index contributed by atoms with van der Waals surface area (Å²) >= 11 is 3.14. The quantitative estimate of drug-likeness (QED) is 0.708. The summed E-state index contributed by atoms with van der Waals surface area (Å²) in [6.07, 6.45) is 0. The summed E-state index contributed by atoms with van der Waals surface area (Å²) in [4.78, 5) is 20.9. The summed E-state index contributed by atoms with van der Waals surface area (Å²) in [6, 6.07) is 3.68. The van der Waals surface area contributed by atoms with Crippen molar-refractivity contribution < 1.29 is 4.79 Å². The summed E-state index contributed by atoms with van der Waals surface area (Å²) in [5.74, 6) is 0. The maximum absolute atomic E-state index is 11.9. The number of carbonyl (C=O) groups is 1. The van der Waals surface area contributed by atoms with Gasteiger partial charge in [-0.3, -0.25) is 5.32 Å². The summed E-state index contributed by atoms with van der Waals surface area (Å²) in [5.41, 5.74) is 1.60. The molecular weight excluding hydrogens is 304 g/mol. The van der Waals surface area contributed by atoms with Crippen molar-refractivity contribution in [1.29, 1.82) is 0 Å². The molecule has 0 unspecified atom stereocenters. The van der Waals surface area contributed by atoms with Crippen LogP contribution in [0, 0.1) is 6.92 Å². The molecule has 0 saturated heterocycles. The van der Waals surface area contributed by atoms with Gasteiger partial charge in [0.25, 0.3) is 0 Å². The zero-order chi connectivity index (χ0) is 15.2. The fourth-order valence-corrected chi connectivity index (χ4v) is 4.01. The van der Waals surface area contributed by atoms with Crippen molar-refractivity contribution in [2.24, 2.45) is 0 Å². The Balaban J connectivity index is 1.94. The fraction of sp³-hybridized carbons (Fsp3) is 0.357. The van der Waals surface area contributed by atoms with Crippen molar-refractivity contribution in [2.45, 2.75) is 33.2 Å². The third-order valence-corrected chi connectivity index (χ3v) is 4.87. The second-order valence-corrected chi connectivity index (χ2v) is 8.05. The number of aromatic nitrogens is 2. The van der Waals surface area contributed by atoms with Crippen LogP contribution in [0.5, 0.6) is 0 Å². The minimum Gasteiger partial charge on any atom is -0.333 e. The van der Waals surface area contributed by atoms with E-state index in [0.717, 1.165) is 25.4 Å². The molecule has 2 amide bonds. The summed E-state index contributed by atoms with van der Waals surface area (Å²) in [7, 11) is 0. The molecule has 0 aliphatic rings. The van der Waals surface area contributed by atoms with E-state index in [2.05, 4.69) is 20.6 Å². The van der Waals surface area contributed by atoms with Crippen molar-refractivity contribution in [1.82, 2.24) is 15.3 Å². The van der Waals surface area contributed by atoms with Gasteiger partial charge in [0.1, 0.15) is 0 Å². The van der Waals surface area contributed by atoms with Crippen molar-refractivity contribution >= 4 is 54.3 Å². The second kappa shape index (κ2) is 4.92. The van der Waals surface area contributed by atoms with E-state index in [0.29, 0.717) is 5.13 Å². The monoisotopic (exact) mass is 320 g/mol. The van der Waals surface area contributed by atoms with Gasteiger partial charge in [0, 0.05) is 5.54 Å². The van der Waals surface area contributed by atoms with E-state index in [1.54, 1.807) is 11.3 Å². The molecular formula is C14H16N4OS2. The fourth-order valence-electron chi connectivity index (χ4n) is 2.01. The maximum atomic E-state index is 11.9. The summed E-state index contributed by atoms with van der Waals surface area (Å²) < 4.78 is 2.20. The van der Waals surface area contributed by atoms with Crippen molar-refractivity contribution in [3.63, 3.8) is 0 Å². The predicted molar refractivity (Wildman–Crippen MR) is 89.4 cm³/mol. The number of amides is 2. The highest BCUT2D eigenvalue weighted by molar-refractivity contribution is 7.28. The van der Waals surface area contributed by atoms with E-state index in [1.165, 1.54) is 11.3 Å². The molecule has 0 bridgehead atoms. The molecule has 0 saturated carbocycles. The lowest BCUT2D eigenvalue weighted by Gasteiger charge is -2.19. The molecule has 0 spiro atoms. The van der Waals surface area contributed by atoms with E-state index < -0.39 is 0 Å². The molecule has 0 radical (unpaired) electrons. The lowest BCUT2D eigenvalue weighted by Crippen LogP contribution is -2.43. The van der Waals surface area contributed by atoms with Gasteiger partial charge >= 0.3 is 6.03 Å². The van der Waals surface area contributed by atoms with Crippen LogP contribution in [0.4, 0.5) is 9.93 Å². The molecule has 1 aromatic carbocycles. The number of hydrogen-bond donors (Lipinski definition) is 2. The first kappa shape index (κ1) is 14.2. The van der Waals surface area contributed by atoms with E-state index in [1.807, 2.05) is 39.8 Å². The van der Waals surface area contributed by atoms with E-state index in [9.17, 15) is 4.79 Å². The van der Waals surface area contributed by atoms with Crippen LogP contribution in [0.1, 0.15) is 25.8 Å². The zero-order valence-corrected chi connectivity index (χ0v) is 13.9. The van der Waals surface area contributed by atoms with Crippen LogP contribution in [0.3, 0.4) is 0 Å². The van der Waals surface area contributed by atoms with Gasteiger partial charge in [-0.05, 0) is 39.8 Å². The Labute approximate surface area is 130 Å². The van der Waals surface area contributed by atoms with Gasteiger partial charge in [0.05, 0.1) is 25.4 Å². The summed E-state index contributed by atoms with van der Waals surface area (Å²) in [5, 5.41) is 7.30. The van der Waals surface area contributed by atoms with Crippen LogP contribution < -0.4 is 10.6 Å². The van der Waals surface area contributed by atoms with E-state index in [-0.39, 0.29) is 11.6 Å². The molecule has 21 heavy (non-hydrogen) atoms. The van der Waals surface area contributed by atoms with Gasteiger partial charge in [0.15, 0.2) is 5.13 Å². The number of rotatable bonds is 1. The van der Waals surface area contributed by atoms with Crippen molar-refractivity contribution in [2.75, 3.05) is 5.32 Å². The first-order valence-corrected chi connectivity index (χ1v) is 8.21. The number of urea groups is 1. The first-order chi connectivity index (χ1) is 9.82. The highest BCUT2D eigenvalue weighted by Gasteiger charge is 2.16. The molecule has 3 rings (SSSR count). The van der Waals surface area contributed by atoms with Gasteiger partial charge in [0.2, 0.25) is 0 Å². The standard InChI is InChI=1S/C14H16N4OS2/c1-7-15-8-5-6-9-11(10(8)20-7)21-13(16-9)17-12(19)18-14(2,3)4/h5-6H,1-4H3,(H2,16,17,18,19). The van der Waals surface area contributed by atoms with Crippen LogP contribution in [-0.4, -0.2) is 21.5 Å². The minimum atomic E-state index is -0.275. The van der Waals surface area contributed by atoms with Crippen LogP contribution >= 0.6 is 22.7 Å².